The number of nitrogens with one attached hydrogen (secondary N) is 1. The van der Waals surface area contributed by atoms with Crippen LogP contribution >= 0.6 is 0 Å². The number of amides is 1. The standard InChI is InChI=1S/C23H37N3O3S/c1-18-9-13-25(14-10-18)16-21-5-4-12-26(17-21)23(27)8-11-24-30(28,29)22-15-19(2)6-7-20(22)3/h6-7,15,18,21,24H,4-5,8-14,16-17H2,1-3H3. The predicted molar refractivity (Wildman–Crippen MR) is 120 cm³/mol. The van der Waals surface area contributed by atoms with Crippen molar-refractivity contribution in [1.82, 2.24) is 14.5 Å². The summed E-state index contributed by atoms with van der Waals surface area (Å²) in [5.74, 6) is 1.41. The van der Waals surface area contributed by atoms with Crippen LogP contribution in [0.25, 0.3) is 0 Å². The first-order valence-corrected chi connectivity index (χ1v) is 12.8. The Labute approximate surface area is 182 Å². The number of benzene rings is 1. The molecule has 2 aliphatic rings. The van der Waals surface area contributed by atoms with Crippen molar-refractivity contribution < 1.29 is 13.2 Å². The van der Waals surface area contributed by atoms with Crippen molar-refractivity contribution in [3.05, 3.63) is 29.3 Å². The van der Waals surface area contributed by atoms with Crippen molar-refractivity contribution >= 4 is 15.9 Å². The van der Waals surface area contributed by atoms with Crippen LogP contribution < -0.4 is 4.72 Å². The lowest BCUT2D eigenvalue weighted by molar-refractivity contribution is -0.133. The highest BCUT2D eigenvalue weighted by Crippen LogP contribution is 2.22. The molecule has 2 fully saturated rings. The lowest BCUT2D eigenvalue weighted by atomic mass is 9.94. The third kappa shape index (κ3) is 6.28. The molecule has 2 heterocycles. The number of carbonyl (C=O) groups excluding carboxylic acids is 1. The van der Waals surface area contributed by atoms with E-state index in [0.29, 0.717) is 16.4 Å². The second-order valence-electron chi connectivity index (χ2n) is 9.25. The molecule has 30 heavy (non-hydrogen) atoms. The zero-order chi connectivity index (χ0) is 21.7. The summed E-state index contributed by atoms with van der Waals surface area (Å²) in [5.41, 5.74) is 1.62. The van der Waals surface area contributed by atoms with Gasteiger partial charge >= 0.3 is 0 Å². The molecule has 2 saturated heterocycles. The van der Waals surface area contributed by atoms with Gasteiger partial charge in [-0.05, 0) is 81.6 Å². The van der Waals surface area contributed by atoms with Crippen molar-refractivity contribution in [2.24, 2.45) is 11.8 Å². The van der Waals surface area contributed by atoms with Gasteiger partial charge in [0.05, 0.1) is 4.90 Å². The lowest BCUT2D eigenvalue weighted by Gasteiger charge is -2.38. The molecule has 1 unspecified atom stereocenters. The fourth-order valence-electron chi connectivity index (χ4n) is 4.58. The molecule has 0 aliphatic carbocycles. The Morgan fingerprint density at radius 2 is 1.87 bits per heavy atom. The molecule has 2 aliphatic heterocycles. The molecule has 168 valence electrons. The number of aryl methyl sites for hydroxylation is 2. The highest BCUT2D eigenvalue weighted by atomic mass is 32.2. The number of hydrogen-bond acceptors (Lipinski definition) is 4. The highest BCUT2D eigenvalue weighted by Gasteiger charge is 2.26. The van der Waals surface area contributed by atoms with E-state index in [1.54, 1.807) is 13.0 Å². The Bertz CT molecular complexity index is 832. The Kier molecular flexibility index (Phi) is 7.93. The number of nitrogens with zero attached hydrogens (tertiary/aromatic N) is 2. The molecule has 7 heteroatoms. The van der Waals surface area contributed by atoms with E-state index < -0.39 is 10.0 Å². The largest absolute Gasteiger partial charge is 0.342 e. The minimum Gasteiger partial charge on any atom is -0.342 e. The van der Waals surface area contributed by atoms with Crippen molar-refractivity contribution in [2.75, 3.05) is 39.3 Å². The lowest BCUT2D eigenvalue weighted by Crippen LogP contribution is -2.45. The number of piperidine rings is 2. The quantitative estimate of drug-likeness (QED) is 0.715. The number of hydrogen-bond donors (Lipinski definition) is 1. The molecule has 1 aromatic rings. The minimum absolute atomic E-state index is 0.0515. The van der Waals surface area contributed by atoms with Crippen LogP contribution in [0.1, 0.15) is 50.2 Å². The van der Waals surface area contributed by atoms with Crippen molar-refractivity contribution in [2.45, 2.75) is 57.8 Å². The van der Waals surface area contributed by atoms with Crippen molar-refractivity contribution in [3.63, 3.8) is 0 Å². The molecular formula is C23H37N3O3S. The molecule has 0 radical (unpaired) electrons. The third-order valence-corrected chi connectivity index (χ3v) is 8.13. The number of likely N-dealkylation sites (tertiary alicyclic amines) is 2. The molecule has 3 rings (SSSR count). The fraction of sp³-hybridized carbons (Fsp3) is 0.696. The van der Waals surface area contributed by atoms with Crippen molar-refractivity contribution in [1.29, 1.82) is 0 Å². The fourth-order valence-corrected chi connectivity index (χ4v) is 5.93. The first-order chi connectivity index (χ1) is 14.2. The predicted octanol–water partition coefficient (Wildman–Crippen LogP) is 2.94. The maximum absolute atomic E-state index is 12.7. The van der Waals surface area contributed by atoms with Gasteiger partial charge in [-0.15, -0.1) is 0 Å². The zero-order valence-electron chi connectivity index (χ0n) is 18.7. The van der Waals surface area contributed by atoms with Crippen LogP contribution in [0.3, 0.4) is 0 Å². The van der Waals surface area contributed by atoms with Crippen LogP contribution in [0.5, 0.6) is 0 Å². The van der Waals surface area contributed by atoms with Crippen LogP contribution in [0.2, 0.25) is 0 Å². The van der Waals surface area contributed by atoms with Crippen LogP contribution in [0.15, 0.2) is 23.1 Å². The molecule has 0 saturated carbocycles. The summed E-state index contributed by atoms with van der Waals surface area (Å²) >= 11 is 0. The summed E-state index contributed by atoms with van der Waals surface area (Å²) in [6.45, 7) is 11.1. The van der Waals surface area contributed by atoms with Gasteiger partial charge in [0.15, 0.2) is 0 Å². The normalized spacial score (nSPS) is 21.7. The minimum atomic E-state index is -3.60. The summed E-state index contributed by atoms with van der Waals surface area (Å²) in [7, 11) is -3.60. The Balaban J connectivity index is 1.46. The number of rotatable bonds is 7. The SMILES string of the molecule is Cc1ccc(C)c(S(=O)(=O)NCCC(=O)N2CCCC(CN3CCC(C)CC3)C2)c1. The van der Waals surface area contributed by atoms with E-state index in [-0.39, 0.29) is 18.9 Å². The number of sulfonamides is 1. The molecule has 0 bridgehead atoms. The zero-order valence-corrected chi connectivity index (χ0v) is 19.5. The van der Waals surface area contributed by atoms with E-state index >= 15 is 0 Å². The molecule has 1 aromatic carbocycles. The van der Waals surface area contributed by atoms with Gasteiger partial charge in [-0.1, -0.05) is 19.1 Å². The van der Waals surface area contributed by atoms with Gasteiger partial charge in [0, 0.05) is 32.6 Å². The van der Waals surface area contributed by atoms with Gasteiger partial charge in [0.25, 0.3) is 0 Å². The smallest absolute Gasteiger partial charge is 0.240 e. The van der Waals surface area contributed by atoms with Crippen LogP contribution in [0.4, 0.5) is 0 Å². The summed E-state index contributed by atoms with van der Waals surface area (Å²) in [6.07, 6.45) is 4.97. The molecule has 1 atom stereocenters. The van der Waals surface area contributed by atoms with E-state index in [9.17, 15) is 13.2 Å². The average Bonchev–Trinajstić information content (AvgIpc) is 2.71. The van der Waals surface area contributed by atoms with Gasteiger partial charge in [-0.3, -0.25) is 4.79 Å². The highest BCUT2D eigenvalue weighted by molar-refractivity contribution is 7.89. The van der Waals surface area contributed by atoms with Gasteiger partial charge in [-0.2, -0.15) is 0 Å². The van der Waals surface area contributed by atoms with E-state index in [0.717, 1.165) is 37.5 Å². The maximum atomic E-state index is 12.7. The summed E-state index contributed by atoms with van der Waals surface area (Å²) in [5, 5.41) is 0. The second kappa shape index (κ2) is 10.2. The monoisotopic (exact) mass is 435 g/mol. The Hall–Kier alpha value is -1.44. The Morgan fingerprint density at radius 3 is 2.60 bits per heavy atom. The molecular weight excluding hydrogens is 398 g/mol. The van der Waals surface area contributed by atoms with Gasteiger partial charge in [0.1, 0.15) is 0 Å². The van der Waals surface area contributed by atoms with Crippen LogP contribution in [0, 0.1) is 25.7 Å². The molecule has 0 aromatic heterocycles. The van der Waals surface area contributed by atoms with Gasteiger partial charge < -0.3 is 9.80 Å². The second-order valence-corrected chi connectivity index (χ2v) is 11.0. The first kappa shape index (κ1) is 23.2. The van der Waals surface area contributed by atoms with Gasteiger partial charge in [0.2, 0.25) is 15.9 Å². The third-order valence-electron chi connectivity index (χ3n) is 6.53. The Morgan fingerprint density at radius 1 is 1.13 bits per heavy atom. The van der Waals surface area contributed by atoms with E-state index in [4.69, 9.17) is 0 Å². The average molecular weight is 436 g/mol. The molecule has 1 N–H and O–H groups in total. The van der Waals surface area contributed by atoms with E-state index in [1.807, 2.05) is 24.0 Å². The molecule has 1 amide bonds. The maximum Gasteiger partial charge on any atom is 0.240 e. The summed E-state index contributed by atoms with van der Waals surface area (Å²) in [6, 6.07) is 5.39. The van der Waals surface area contributed by atoms with E-state index in [2.05, 4.69) is 16.5 Å². The van der Waals surface area contributed by atoms with E-state index in [1.165, 1.54) is 32.4 Å². The van der Waals surface area contributed by atoms with Crippen molar-refractivity contribution in [3.8, 4) is 0 Å². The molecule has 0 spiro atoms. The van der Waals surface area contributed by atoms with Gasteiger partial charge in [-0.25, -0.2) is 13.1 Å². The summed E-state index contributed by atoms with van der Waals surface area (Å²) < 4.78 is 27.8. The van der Waals surface area contributed by atoms with Crippen LogP contribution in [-0.4, -0.2) is 63.4 Å². The topological polar surface area (TPSA) is 69.7 Å². The van der Waals surface area contributed by atoms with Crippen LogP contribution in [-0.2, 0) is 14.8 Å². The first-order valence-electron chi connectivity index (χ1n) is 11.3. The summed E-state index contributed by atoms with van der Waals surface area (Å²) in [4.78, 5) is 17.5. The number of carbonyl (C=O) groups is 1. The molecule has 6 nitrogen and oxygen atoms in total.